The van der Waals surface area contributed by atoms with E-state index >= 15 is 0 Å². The first kappa shape index (κ1) is 9.99. The predicted octanol–water partition coefficient (Wildman–Crippen LogP) is 0.838. The second-order valence-electron chi connectivity index (χ2n) is 2.75. The van der Waals surface area contributed by atoms with E-state index in [1.165, 1.54) is 13.1 Å². The maximum absolute atomic E-state index is 10.5. The Kier molecular flexibility index (Phi) is 3.02. The molecule has 0 spiro atoms. The lowest BCUT2D eigenvalue weighted by Gasteiger charge is -2.08. The van der Waals surface area contributed by atoms with Gasteiger partial charge in [0, 0.05) is 6.20 Å². The van der Waals surface area contributed by atoms with Crippen molar-refractivity contribution >= 4 is 11.8 Å². The third kappa shape index (κ3) is 2.45. The molecule has 0 amide bonds. The lowest BCUT2D eigenvalue weighted by atomic mass is 10.3. The molecule has 0 fully saturated rings. The average molecular weight is 191 g/mol. The Morgan fingerprint density at radius 3 is 2.86 bits per heavy atom. The van der Waals surface area contributed by atoms with Gasteiger partial charge in [-0.2, -0.15) is 5.26 Å². The number of hydrogen-bond donors (Lipinski definition) is 2. The monoisotopic (exact) mass is 191 g/mol. The van der Waals surface area contributed by atoms with E-state index in [4.69, 9.17) is 10.4 Å². The summed E-state index contributed by atoms with van der Waals surface area (Å²) in [5.41, 5.74) is 0.443. The zero-order valence-corrected chi connectivity index (χ0v) is 7.56. The van der Waals surface area contributed by atoms with Gasteiger partial charge < -0.3 is 10.4 Å². The van der Waals surface area contributed by atoms with Crippen LogP contribution < -0.4 is 5.32 Å². The Morgan fingerprint density at radius 1 is 1.71 bits per heavy atom. The highest BCUT2D eigenvalue weighted by Gasteiger charge is 2.10. The second-order valence-corrected chi connectivity index (χ2v) is 2.75. The molecular weight excluding hydrogens is 182 g/mol. The van der Waals surface area contributed by atoms with Gasteiger partial charge in [-0.05, 0) is 19.1 Å². The number of carboxylic acids is 1. The molecule has 72 valence electrons. The molecule has 1 aromatic heterocycles. The maximum Gasteiger partial charge on any atom is 0.325 e. The van der Waals surface area contributed by atoms with E-state index in [1.807, 2.05) is 6.07 Å². The van der Waals surface area contributed by atoms with Crippen molar-refractivity contribution in [1.29, 1.82) is 5.26 Å². The molecule has 5 nitrogen and oxygen atoms in total. The quantitative estimate of drug-likeness (QED) is 0.739. The van der Waals surface area contributed by atoms with Gasteiger partial charge in [-0.3, -0.25) is 4.79 Å². The molecule has 1 aromatic rings. The molecule has 0 bridgehead atoms. The molecule has 0 unspecified atom stereocenters. The lowest BCUT2D eigenvalue weighted by molar-refractivity contribution is -0.137. The van der Waals surface area contributed by atoms with Gasteiger partial charge in [-0.15, -0.1) is 0 Å². The standard InChI is InChI=1S/C9H9N3O2/c1-6(9(13)14)12-8-3-2-7(4-10)5-11-8/h2-3,5-6H,1H3,(H,11,12)(H,13,14)/t6-/m1/s1. The summed E-state index contributed by atoms with van der Waals surface area (Å²) in [4.78, 5) is 14.4. The number of aromatic nitrogens is 1. The van der Waals surface area contributed by atoms with Crippen molar-refractivity contribution in [2.45, 2.75) is 13.0 Å². The van der Waals surface area contributed by atoms with Crippen molar-refractivity contribution in [3.05, 3.63) is 23.9 Å². The SMILES string of the molecule is C[C@@H](Nc1ccc(C#N)cn1)C(=O)O. The van der Waals surface area contributed by atoms with Crippen molar-refractivity contribution in [2.75, 3.05) is 5.32 Å². The Hall–Kier alpha value is -2.09. The van der Waals surface area contributed by atoms with Crippen LogP contribution in [0.1, 0.15) is 12.5 Å². The van der Waals surface area contributed by atoms with Gasteiger partial charge in [0.05, 0.1) is 5.56 Å². The molecule has 1 atom stereocenters. The summed E-state index contributed by atoms with van der Waals surface area (Å²) < 4.78 is 0. The van der Waals surface area contributed by atoms with Crippen LogP contribution in [0.2, 0.25) is 0 Å². The van der Waals surface area contributed by atoms with Crippen LogP contribution in [0, 0.1) is 11.3 Å². The molecule has 0 aromatic carbocycles. The molecule has 0 aliphatic heterocycles. The summed E-state index contributed by atoms with van der Waals surface area (Å²) in [6, 6.07) is 4.37. The van der Waals surface area contributed by atoms with Crippen molar-refractivity contribution in [3.63, 3.8) is 0 Å². The number of anilines is 1. The highest BCUT2D eigenvalue weighted by molar-refractivity contribution is 5.76. The van der Waals surface area contributed by atoms with Gasteiger partial charge in [-0.1, -0.05) is 0 Å². The van der Waals surface area contributed by atoms with E-state index in [-0.39, 0.29) is 0 Å². The second kappa shape index (κ2) is 4.23. The van der Waals surface area contributed by atoms with Crippen LogP contribution in [0.15, 0.2) is 18.3 Å². The van der Waals surface area contributed by atoms with Gasteiger partial charge in [0.2, 0.25) is 0 Å². The minimum absolute atomic E-state index is 0.443. The summed E-state index contributed by atoms with van der Waals surface area (Å²) in [5, 5.41) is 19.8. The largest absolute Gasteiger partial charge is 0.480 e. The Bertz CT molecular complexity index is 367. The van der Waals surface area contributed by atoms with Crippen LogP contribution in [0.4, 0.5) is 5.82 Å². The third-order valence-corrected chi connectivity index (χ3v) is 1.63. The lowest BCUT2D eigenvalue weighted by Crippen LogP contribution is -2.25. The van der Waals surface area contributed by atoms with Gasteiger partial charge in [0.1, 0.15) is 17.9 Å². The molecule has 5 heteroatoms. The maximum atomic E-state index is 10.5. The van der Waals surface area contributed by atoms with Crippen LogP contribution in [0.3, 0.4) is 0 Å². The molecule has 0 aliphatic carbocycles. The van der Waals surface area contributed by atoms with Crippen molar-refractivity contribution in [3.8, 4) is 6.07 Å². The van der Waals surface area contributed by atoms with E-state index in [0.717, 1.165) is 0 Å². The number of nitriles is 1. The first-order valence-corrected chi connectivity index (χ1v) is 3.99. The average Bonchev–Trinajstić information content (AvgIpc) is 2.19. The van der Waals surface area contributed by atoms with E-state index in [9.17, 15) is 4.79 Å². The molecule has 2 N–H and O–H groups in total. The third-order valence-electron chi connectivity index (χ3n) is 1.63. The van der Waals surface area contributed by atoms with E-state index in [2.05, 4.69) is 10.3 Å². The highest BCUT2D eigenvalue weighted by atomic mass is 16.4. The van der Waals surface area contributed by atoms with Crippen LogP contribution in [0.25, 0.3) is 0 Å². The molecule has 0 saturated carbocycles. The first-order chi connectivity index (χ1) is 6.63. The molecule has 1 rings (SSSR count). The summed E-state index contributed by atoms with van der Waals surface area (Å²) in [7, 11) is 0. The minimum atomic E-state index is -0.948. The fourth-order valence-corrected chi connectivity index (χ4v) is 0.829. The topological polar surface area (TPSA) is 86.0 Å². The number of aliphatic carboxylic acids is 1. The molecule has 0 radical (unpaired) electrons. The van der Waals surface area contributed by atoms with Crippen molar-refractivity contribution in [2.24, 2.45) is 0 Å². The van der Waals surface area contributed by atoms with Gasteiger partial charge >= 0.3 is 5.97 Å². The fourth-order valence-electron chi connectivity index (χ4n) is 0.829. The van der Waals surface area contributed by atoms with Gasteiger partial charge in [0.15, 0.2) is 0 Å². The summed E-state index contributed by atoms with van der Waals surface area (Å²) in [6.07, 6.45) is 1.39. The minimum Gasteiger partial charge on any atom is -0.480 e. The van der Waals surface area contributed by atoms with E-state index in [0.29, 0.717) is 11.4 Å². The molecule has 0 aliphatic rings. The van der Waals surface area contributed by atoms with E-state index in [1.54, 1.807) is 12.1 Å². The number of nitrogens with one attached hydrogen (secondary N) is 1. The Labute approximate surface area is 81.0 Å². The predicted molar refractivity (Wildman–Crippen MR) is 49.7 cm³/mol. The van der Waals surface area contributed by atoms with Crippen LogP contribution in [-0.2, 0) is 4.79 Å². The van der Waals surface area contributed by atoms with E-state index < -0.39 is 12.0 Å². The number of hydrogen-bond acceptors (Lipinski definition) is 4. The number of rotatable bonds is 3. The smallest absolute Gasteiger partial charge is 0.325 e. The van der Waals surface area contributed by atoms with Crippen molar-refractivity contribution < 1.29 is 9.90 Å². The highest BCUT2D eigenvalue weighted by Crippen LogP contribution is 2.05. The zero-order valence-electron chi connectivity index (χ0n) is 7.56. The van der Waals surface area contributed by atoms with Crippen LogP contribution >= 0.6 is 0 Å². The summed E-state index contributed by atoms with van der Waals surface area (Å²) >= 11 is 0. The van der Waals surface area contributed by atoms with Gasteiger partial charge in [-0.25, -0.2) is 4.98 Å². The molecule has 0 saturated heterocycles. The summed E-state index contributed by atoms with van der Waals surface area (Å²) in [5.74, 6) is -0.505. The van der Waals surface area contributed by atoms with Crippen LogP contribution in [0.5, 0.6) is 0 Å². The number of pyridine rings is 1. The van der Waals surface area contributed by atoms with Crippen molar-refractivity contribution in [1.82, 2.24) is 4.98 Å². The van der Waals surface area contributed by atoms with Gasteiger partial charge in [0.25, 0.3) is 0 Å². The number of nitrogens with zero attached hydrogens (tertiary/aromatic N) is 2. The first-order valence-electron chi connectivity index (χ1n) is 3.99. The Balaban J connectivity index is 2.70. The summed E-state index contributed by atoms with van der Waals surface area (Å²) in [6.45, 7) is 1.52. The number of carboxylic acid groups (broad SMARTS) is 1. The van der Waals surface area contributed by atoms with Crippen LogP contribution in [-0.4, -0.2) is 22.1 Å². The molecule has 1 heterocycles. The zero-order chi connectivity index (χ0) is 10.6. The Morgan fingerprint density at radius 2 is 2.43 bits per heavy atom. The molecular formula is C9H9N3O2. The normalized spacial score (nSPS) is 11.4. The molecule has 14 heavy (non-hydrogen) atoms. The number of carbonyl (C=O) groups is 1. The fraction of sp³-hybridized carbons (Fsp3) is 0.222.